The third-order valence-electron chi connectivity index (χ3n) is 4.27. The minimum atomic E-state index is -0.405. The first kappa shape index (κ1) is 17.5. The Bertz CT molecular complexity index is 689. The molecule has 1 aromatic carbocycles. The number of carbonyl (C=O) groups is 1. The molecule has 0 fully saturated rings. The van der Waals surface area contributed by atoms with Gasteiger partial charge in [-0.1, -0.05) is 0 Å². The first-order valence-corrected chi connectivity index (χ1v) is 8.00. The van der Waals surface area contributed by atoms with Crippen LogP contribution in [0.3, 0.4) is 0 Å². The molecule has 0 saturated carbocycles. The van der Waals surface area contributed by atoms with Crippen molar-refractivity contribution in [3.63, 3.8) is 0 Å². The number of fused-ring (bicyclic) bond motifs is 1. The molecule has 2 N–H and O–H groups in total. The summed E-state index contributed by atoms with van der Waals surface area (Å²) in [5.41, 5.74) is 4.16. The Kier molecular flexibility index (Phi) is 5.80. The monoisotopic (exact) mass is 318 g/mol. The topological polar surface area (TPSA) is 63.5 Å². The molecule has 23 heavy (non-hydrogen) atoms. The highest BCUT2D eigenvalue weighted by atomic mass is 16.5. The maximum absolute atomic E-state index is 12.2. The van der Waals surface area contributed by atoms with Gasteiger partial charge in [0.1, 0.15) is 0 Å². The Labute approximate surface area is 137 Å². The molecular weight excluding hydrogens is 292 g/mol. The van der Waals surface area contributed by atoms with E-state index in [-0.39, 0.29) is 5.91 Å². The second-order valence-corrected chi connectivity index (χ2v) is 5.98. The van der Waals surface area contributed by atoms with Crippen LogP contribution in [-0.2, 0) is 11.3 Å². The molecule has 0 radical (unpaired) electrons. The molecule has 5 heteroatoms. The van der Waals surface area contributed by atoms with Crippen LogP contribution in [0.2, 0.25) is 0 Å². The summed E-state index contributed by atoms with van der Waals surface area (Å²) in [5, 5.41) is 13.2. The summed E-state index contributed by atoms with van der Waals surface area (Å²) < 4.78 is 7.40. The number of aliphatic hydroxyl groups excluding tert-OH is 1. The predicted octanol–water partition coefficient (Wildman–Crippen LogP) is 2.41. The number of methoxy groups -OCH3 is 1. The van der Waals surface area contributed by atoms with Crippen molar-refractivity contribution < 1.29 is 14.6 Å². The van der Waals surface area contributed by atoms with Gasteiger partial charge in [0.25, 0.3) is 5.91 Å². The highest BCUT2D eigenvalue weighted by Gasteiger charge is 2.13. The van der Waals surface area contributed by atoms with E-state index in [1.54, 1.807) is 14.0 Å². The number of carbonyl (C=O) groups excluding carboxylic acids is 1. The van der Waals surface area contributed by atoms with Gasteiger partial charge in [0, 0.05) is 42.4 Å². The number of aliphatic hydroxyl groups is 1. The number of ether oxygens (including phenoxy) is 1. The highest BCUT2D eigenvalue weighted by Crippen LogP contribution is 2.26. The number of hydrogen-bond acceptors (Lipinski definition) is 3. The van der Waals surface area contributed by atoms with E-state index in [2.05, 4.69) is 23.7 Å². The van der Waals surface area contributed by atoms with Crippen LogP contribution in [0.1, 0.15) is 35.0 Å². The van der Waals surface area contributed by atoms with E-state index < -0.39 is 6.10 Å². The average molecular weight is 318 g/mol. The van der Waals surface area contributed by atoms with Gasteiger partial charge in [-0.25, -0.2) is 0 Å². The van der Waals surface area contributed by atoms with Gasteiger partial charge in [0.15, 0.2) is 0 Å². The van der Waals surface area contributed by atoms with Crippen molar-refractivity contribution in [3.8, 4) is 0 Å². The summed E-state index contributed by atoms with van der Waals surface area (Å²) in [6.45, 7) is 7.82. The average Bonchev–Trinajstić information content (AvgIpc) is 2.76. The van der Waals surface area contributed by atoms with Gasteiger partial charge in [-0.05, 0) is 51.0 Å². The Balaban J connectivity index is 2.25. The highest BCUT2D eigenvalue weighted by molar-refractivity contribution is 5.99. The Morgan fingerprint density at radius 3 is 2.78 bits per heavy atom. The fourth-order valence-corrected chi connectivity index (χ4v) is 2.76. The molecule has 126 valence electrons. The number of aryl methyl sites for hydroxylation is 1. The lowest BCUT2D eigenvalue weighted by molar-refractivity contribution is 0.0945. The summed E-state index contributed by atoms with van der Waals surface area (Å²) in [6, 6.07) is 5.79. The molecule has 5 nitrogen and oxygen atoms in total. The summed E-state index contributed by atoms with van der Waals surface area (Å²) in [4.78, 5) is 12.2. The van der Waals surface area contributed by atoms with Crippen LogP contribution in [-0.4, -0.2) is 41.9 Å². The van der Waals surface area contributed by atoms with E-state index in [4.69, 9.17) is 4.74 Å². The minimum Gasteiger partial charge on any atom is -0.393 e. The van der Waals surface area contributed by atoms with Crippen molar-refractivity contribution in [3.05, 3.63) is 35.0 Å². The summed E-state index contributed by atoms with van der Waals surface area (Å²) >= 11 is 0. The van der Waals surface area contributed by atoms with Gasteiger partial charge in [-0.2, -0.15) is 0 Å². The van der Waals surface area contributed by atoms with Crippen molar-refractivity contribution in [1.82, 2.24) is 9.88 Å². The molecule has 1 aromatic heterocycles. The van der Waals surface area contributed by atoms with Crippen molar-refractivity contribution in [2.24, 2.45) is 0 Å². The van der Waals surface area contributed by atoms with Crippen molar-refractivity contribution in [2.45, 2.75) is 39.8 Å². The standard InChI is InChI=1S/C18H26N2O3/c1-12(21)7-8-19-18(22)15-5-6-17-16(11-15)13(2)14(3)20(17)9-10-23-4/h5-6,11-12,21H,7-10H2,1-4H3,(H,19,22). The van der Waals surface area contributed by atoms with Gasteiger partial charge < -0.3 is 19.7 Å². The zero-order valence-corrected chi connectivity index (χ0v) is 14.3. The van der Waals surface area contributed by atoms with Crippen molar-refractivity contribution in [2.75, 3.05) is 20.3 Å². The molecule has 0 aliphatic rings. The quantitative estimate of drug-likeness (QED) is 0.824. The predicted molar refractivity (Wildman–Crippen MR) is 91.9 cm³/mol. The minimum absolute atomic E-state index is 0.103. The lowest BCUT2D eigenvalue weighted by atomic mass is 10.1. The van der Waals surface area contributed by atoms with E-state index >= 15 is 0 Å². The summed E-state index contributed by atoms with van der Waals surface area (Å²) in [7, 11) is 1.70. The number of hydrogen-bond donors (Lipinski definition) is 2. The lowest BCUT2D eigenvalue weighted by Gasteiger charge is -2.09. The molecule has 0 bridgehead atoms. The Morgan fingerprint density at radius 1 is 1.39 bits per heavy atom. The SMILES string of the molecule is COCCn1c(C)c(C)c2cc(C(=O)NCCC(C)O)ccc21. The molecule has 0 aliphatic carbocycles. The second kappa shape index (κ2) is 7.62. The van der Waals surface area contributed by atoms with Gasteiger partial charge in [-0.15, -0.1) is 0 Å². The van der Waals surface area contributed by atoms with E-state index in [1.807, 2.05) is 18.2 Å². The maximum atomic E-state index is 12.2. The number of benzene rings is 1. The van der Waals surface area contributed by atoms with Crippen LogP contribution in [0.15, 0.2) is 18.2 Å². The molecule has 1 amide bonds. The zero-order chi connectivity index (χ0) is 17.0. The van der Waals surface area contributed by atoms with E-state index in [1.165, 1.54) is 11.3 Å². The van der Waals surface area contributed by atoms with Crippen LogP contribution >= 0.6 is 0 Å². The molecule has 1 heterocycles. The molecule has 1 unspecified atom stereocenters. The molecular formula is C18H26N2O3. The number of nitrogens with one attached hydrogen (secondary N) is 1. The second-order valence-electron chi connectivity index (χ2n) is 5.98. The molecule has 0 saturated heterocycles. The van der Waals surface area contributed by atoms with Crippen LogP contribution < -0.4 is 5.32 Å². The molecule has 2 rings (SSSR count). The first-order chi connectivity index (χ1) is 11.0. The van der Waals surface area contributed by atoms with Crippen LogP contribution in [0.5, 0.6) is 0 Å². The van der Waals surface area contributed by atoms with Crippen LogP contribution in [0.25, 0.3) is 10.9 Å². The maximum Gasteiger partial charge on any atom is 0.251 e. The number of amides is 1. The molecule has 0 spiro atoms. The molecule has 0 aliphatic heterocycles. The van der Waals surface area contributed by atoms with Gasteiger partial charge in [-0.3, -0.25) is 4.79 Å². The Morgan fingerprint density at radius 2 is 2.13 bits per heavy atom. The van der Waals surface area contributed by atoms with Gasteiger partial charge >= 0.3 is 0 Å². The molecule has 2 aromatic rings. The lowest BCUT2D eigenvalue weighted by Crippen LogP contribution is -2.26. The van der Waals surface area contributed by atoms with Crippen molar-refractivity contribution >= 4 is 16.8 Å². The zero-order valence-electron chi connectivity index (χ0n) is 14.3. The van der Waals surface area contributed by atoms with Gasteiger partial charge in [0.2, 0.25) is 0 Å². The van der Waals surface area contributed by atoms with Crippen LogP contribution in [0.4, 0.5) is 0 Å². The first-order valence-electron chi connectivity index (χ1n) is 8.00. The van der Waals surface area contributed by atoms with Crippen LogP contribution in [0, 0.1) is 13.8 Å². The van der Waals surface area contributed by atoms with Crippen molar-refractivity contribution in [1.29, 1.82) is 0 Å². The third-order valence-corrected chi connectivity index (χ3v) is 4.27. The summed E-state index contributed by atoms with van der Waals surface area (Å²) in [5.74, 6) is -0.103. The van der Waals surface area contributed by atoms with E-state index in [0.29, 0.717) is 25.1 Å². The van der Waals surface area contributed by atoms with E-state index in [0.717, 1.165) is 17.4 Å². The third kappa shape index (κ3) is 3.92. The normalized spacial score (nSPS) is 12.6. The number of rotatable bonds is 7. The fraction of sp³-hybridized carbons (Fsp3) is 0.500. The number of aromatic nitrogens is 1. The smallest absolute Gasteiger partial charge is 0.251 e. The van der Waals surface area contributed by atoms with Gasteiger partial charge in [0.05, 0.1) is 12.7 Å². The largest absolute Gasteiger partial charge is 0.393 e. The number of nitrogens with zero attached hydrogens (tertiary/aromatic N) is 1. The Hall–Kier alpha value is -1.85. The fourth-order valence-electron chi connectivity index (χ4n) is 2.76. The molecule has 1 atom stereocenters. The summed E-state index contributed by atoms with van der Waals surface area (Å²) in [6.07, 6.45) is 0.150. The van der Waals surface area contributed by atoms with E-state index in [9.17, 15) is 9.90 Å².